The Kier molecular flexibility index (Phi) is 4.26. The largest absolute Gasteiger partial charge is 0.372 e. The highest BCUT2D eigenvalue weighted by atomic mass is 19.1. The predicted molar refractivity (Wildman–Crippen MR) is 80.7 cm³/mol. The number of nitrogens with one attached hydrogen (secondary N) is 1. The Labute approximate surface area is 123 Å². The van der Waals surface area contributed by atoms with Crippen LogP contribution in [0.25, 0.3) is 0 Å². The van der Waals surface area contributed by atoms with E-state index in [0.29, 0.717) is 13.2 Å². The van der Waals surface area contributed by atoms with Crippen LogP contribution in [0.15, 0.2) is 53.5 Å². The normalized spacial score (nSPS) is 13.9. The molecule has 0 fully saturated rings. The van der Waals surface area contributed by atoms with E-state index in [1.807, 2.05) is 24.3 Å². The van der Waals surface area contributed by atoms with E-state index in [-0.39, 0.29) is 5.82 Å². The number of rotatable bonds is 5. The Morgan fingerprint density at radius 1 is 0.952 bits per heavy atom. The van der Waals surface area contributed by atoms with Gasteiger partial charge in [0.2, 0.25) is 0 Å². The van der Waals surface area contributed by atoms with Gasteiger partial charge in [0.15, 0.2) is 0 Å². The summed E-state index contributed by atoms with van der Waals surface area (Å²) in [4.78, 5) is 4.39. The van der Waals surface area contributed by atoms with Crippen LogP contribution >= 0.6 is 0 Å². The molecule has 1 aliphatic heterocycles. The van der Waals surface area contributed by atoms with Crippen LogP contribution < -0.4 is 5.32 Å². The molecule has 0 radical (unpaired) electrons. The van der Waals surface area contributed by atoms with Crippen LogP contribution in [-0.4, -0.2) is 18.9 Å². The van der Waals surface area contributed by atoms with E-state index in [9.17, 15) is 4.39 Å². The lowest BCUT2D eigenvalue weighted by Crippen LogP contribution is -2.19. The second-order valence-corrected chi connectivity index (χ2v) is 4.97. The molecule has 2 aromatic rings. The first-order valence-electron chi connectivity index (χ1n) is 7.01. The van der Waals surface area contributed by atoms with Crippen LogP contribution in [0.1, 0.15) is 16.7 Å². The van der Waals surface area contributed by atoms with E-state index >= 15 is 0 Å². The molecule has 0 bridgehead atoms. The van der Waals surface area contributed by atoms with E-state index in [4.69, 9.17) is 4.74 Å². The highest BCUT2D eigenvalue weighted by Gasteiger charge is 2.07. The van der Waals surface area contributed by atoms with Gasteiger partial charge in [-0.25, -0.2) is 4.39 Å². The third-order valence-corrected chi connectivity index (χ3v) is 3.35. The van der Waals surface area contributed by atoms with Crippen LogP contribution in [0, 0.1) is 5.82 Å². The number of benzene rings is 2. The molecule has 0 unspecified atom stereocenters. The van der Waals surface area contributed by atoms with E-state index < -0.39 is 0 Å². The summed E-state index contributed by atoms with van der Waals surface area (Å²) in [5.74, 6) is 0.742. The lowest BCUT2D eigenvalue weighted by molar-refractivity contribution is 0.107. The zero-order valence-electron chi connectivity index (χ0n) is 11.7. The molecular weight excluding hydrogens is 267 g/mol. The van der Waals surface area contributed by atoms with Crippen LogP contribution in [0.4, 0.5) is 4.39 Å². The molecule has 1 aliphatic rings. The van der Waals surface area contributed by atoms with Gasteiger partial charge in [0, 0.05) is 12.1 Å². The summed E-state index contributed by atoms with van der Waals surface area (Å²) in [7, 11) is 0. The van der Waals surface area contributed by atoms with Gasteiger partial charge in [-0.3, -0.25) is 4.99 Å². The Morgan fingerprint density at radius 2 is 1.57 bits per heavy atom. The number of ether oxygens (including phenoxy) is 1. The molecule has 0 spiro atoms. The first-order chi connectivity index (χ1) is 10.3. The van der Waals surface area contributed by atoms with Crippen LogP contribution in [-0.2, 0) is 18.0 Å². The number of hydrogen-bond donors (Lipinski definition) is 1. The molecule has 0 saturated heterocycles. The molecule has 0 atom stereocenters. The molecule has 0 amide bonds. The molecule has 1 heterocycles. The Bertz CT molecular complexity index is 620. The maximum absolute atomic E-state index is 12.8. The minimum absolute atomic E-state index is 0.224. The van der Waals surface area contributed by atoms with Crippen molar-refractivity contribution in [3.63, 3.8) is 0 Å². The molecule has 3 nitrogen and oxygen atoms in total. The molecular formula is C17H17FN2O. The SMILES string of the molecule is Fc1ccc(COCc2ccc(C3=NCCN3)cc2)cc1. The van der Waals surface area contributed by atoms with Gasteiger partial charge in [-0.1, -0.05) is 36.4 Å². The molecule has 0 aromatic heterocycles. The molecule has 0 saturated carbocycles. The fourth-order valence-corrected chi connectivity index (χ4v) is 2.22. The van der Waals surface area contributed by atoms with E-state index in [2.05, 4.69) is 10.3 Å². The van der Waals surface area contributed by atoms with Crippen molar-refractivity contribution in [1.82, 2.24) is 5.32 Å². The van der Waals surface area contributed by atoms with E-state index in [1.165, 1.54) is 12.1 Å². The van der Waals surface area contributed by atoms with Crippen LogP contribution in [0.3, 0.4) is 0 Å². The van der Waals surface area contributed by atoms with Crippen LogP contribution in [0.5, 0.6) is 0 Å². The highest BCUT2D eigenvalue weighted by Crippen LogP contribution is 2.10. The zero-order valence-corrected chi connectivity index (χ0v) is 11.7. The fourth-order valence-electron chi connectivity index (χ4n) is 2.22. The van der Waals surface area contributed by atoms with Gasteiger partial charge in [0.05, 0.1) is 19.8 Å². The molecule has 4 heteroatoms. The van der Waals surface area contributed by atoms with Gasteiger partial charge >= 0.3 is 0 Å². The minimum atomic E-state index is -0.224. The van der Waals surface area contributed by atoms with Crippen molar-refractivity contribution < 1.29 is 9.13 Å². The first kappa shape index (κ1) is 13.8. The van der Waals surface area contributed by atoms with Crippen molar-refractivity contribution in [2.45, 2.75) is 13.2 Å². The quantitative estimate of drug-likeness (QED) is 0.916. The number of amidine groups is 1. The highest BCUT2D eigenvalue weighted by molar-refractivity contribution is 5.99. The Morgan fingerprint density at radius 3 is 2.14 bits per heavy atom. The van der Waals surface area contributed by atoms with Gasteiger partial charge < -0.3 is 10.1 Å². The summed E-state index contributed by atoms with van der Waals surface area (Å²) in [6.45, 7) is 2.78. The second kappa shape index (κ2) is 6.50. The Balaban J connectivity index is 1.52. The maximum Gasteiger partial charge on any atom is 0.128 e. The number of halogens is 1. The third kappa shape index (κ3) is 3.67. The van der Waals surface area contributed by atoms with Crippen molar-refractivity contribution >= 4 is 5.84 Å². The van der Waals surface area contributed by atoms with Crippen LogP contribution in [0.2, 0.25) is 0 Å². The summed E-state index contributed by atoms with van der Waals surface area (Å²) >= 11 is 0. The van der Waals surface area contributed by atoms with Crippen molar-refractivity contribution in [1.29, 1.82) is 0 Å². The zero-order chi connectivity index (χ0) is 14.5. The van der Waals surface area contributed by atoms with Crippen molar-refractivity contribution in [2.75, 3.05) is 13.1 Å². The Hall–Kier alpha value is -2.20. The summed E-state index contributed by atoms with van der Waals surface area (Å²) in [6.07, 6.45) is 0. The molecule has 21 heavy (non-hydrogen) atoms. The molecule has 3 rings (SSSR count). The molecule has 2 aromatic carbocycles. The topological polar surface area (TPSA) is 33.6 Å². The molecule has 1 N–H and O–H groups in total. The van der Waals surface area contributed by atoms with Gasteiger partial charge in [0.25, 0.3) is 0 Å². The number of hydrogen-bond acceptors (Lipinski definition) is 3. The number of nitrogens with zero attached hydrogens (tertiary/aromatic N) is 1. The maximum atomic E-state index is 12.8. The monoisotopic (exact) mass is 284 g/mol. The van der Waals surface area contributed by atoms with E-state index in [0.717, 1.165) is 35.6 Å². The smallest absolute Gasteiger partial charge is 0.128 e. The van der Waals surface area contributed by atoms with Crippen molar-refractivity contribution in [3.05, 3.63) is 71.0 Å². The minimum Gasteiger partial charge on any atom is -0.372 e. The van der Waals surface area contributed by atoms with Crippen molar-refractivity contribution in [2.24, 2.45) is 4.99 Å². The lowest BCUT2D eigenvalue weighted by atomic mass is 10.1. The predicted octanol–water partition coefficient (Wildman–Crippen LogP) is 2.89. The van der Waals surface area contributed by atoms with Crippen molar-refractivity contribution in [3.8, 4) is 0 Å². The fraction of sp³-hybridized carbons (Fsp3) is 0.235. The van der Waals surface area contributed by atoms with Gasteiger partial charge in [0.1, 0.15) is 11.7 Å². The second-order valence-electron chi connectivity index (χ2n) is 4.97. The summed E-state index contributed by atoms with van der Waals surface area (Å²) < 4.78 is 18.4. The average molecular weight is 284 g/mol. The summed E-state index contributed by atoms with van der Waals surface area (Å²) in [5.41, 5.74) is 3.19. The van der Waals surface area contributed by atoms with Gasteiger partial charge in [-0.15, -0.1) is 0 Å². The summed E-state index contributed by atoms with van der Waals surface area (Å²) in [6, 6.07) is 14.6. The van der Waals surface area contributed by atoms with E-state index in [1.54, 1.807) is 12.1 Å². The van der Waals surface area contributed by atoms with Gasteiger partial charge in [-0.05, 0) is 23.3 Å². The third-order valence-electron chi connectivity index (χ3n) is 3.35. The average Bonchev–Trinajstić information content (AvgIpc) is 3.04. The number of aliphatic imine (C=N–C) groups is 1. The van der Waals surface area contributed by atoms with Gasteiger partial charge in [-0.2, -0.15) is 0 Å². The first-order valence-corrected chi connectivity index (χ1v) is 7.01. The summed E-state index contributed by atoms with van der Waals surface area (Å²) in [5, 5.41) is 3.25. The lowest BCUT2D eigenvalue weighted by Gasteiger charge is -2.06. The molecule has 0 aliphatic carbocycles. The standard InChI is InChI=1S/C17H17FN2O/c18-16-7-3-14(4-8-16)12-21-11-13-1-5-15(6-2-13)17-19-9-10-20-17/h1-8H,9-12H2,(H,19,20). The molecule has 108 valence electrons.